The van der Waals surface area contributed by atoms with Crippen molar-refractivity contribution < 1.29 is 14.7 Å². The van der Waals surface area contributed by atoms with Crippen LogP contribution in [0.25, 0.3) is 5.65 Å². The lowest BCUT2D eigenvalue weighted by Crippen LogP contribution is -2.59. The van der Waals surface area contributed by atoms with Gasteiger partial charge in [0.05, 0.1) is 11.9 Å². The van der Waals surface area contributed by atoms with Gasteiger partial charge in [0.25, 0.3) is 5.91 Å². The molecule has 1 unspecified atom stereocenters. The maximum Gasteiger partial charge on any atom is 0.354 e. The highest BCUT2D eigenvalue weighted by Crippen LogP contribution is 2.42. The number of fused-ring (bicyclic) bond motifs is 1. The Morgan fingerprint density at radius 2 is 1.71 bits per heavy atom. The van der Waals surface area contributed by atoms with E-state index in [1.807, 2.05) is 24.1 Å². The highest BCUT2D eigenvalue weighted by Gasteiger charge is 2.46. The Balaban J connectivity index is 1.05. The van der Waals surface area contributed by atoms with Crippen molar-refractivity contribution >= 4 is 29.0 Å². The molecule has 6 heterocycles. The molecule has 0 radical (unpaired) electrons. The number of benzene rings is 1. The zero-order chi connectivity index (χ0) is 29.1. The molecule has 3 fully saturated rings. The van der Waals surface area contributed by atoms with E-state index in [4.69, 9.17) is 0 Å². The second kappa shape index (κ2) is 9.82. The molecule has 1 amide bonds. The summed E-state index contributed by atoms with van der Waals surface area (Å²) in [4.78, 5) is 40.3. The third kappa shape index (κ3) is 4.36. The van der Waals surface area contributed by atoms with Crippen molar-refractivity contribution in [3.05, 3.63) is 83.4 Å². The van der Waals surface area contributed by atoms with Gasteiger partial charge in [-0.2, -0.15) is 0 Å². The molecule has 3 aromatic heterocycles. The minimum Gasteiger partial charge on any atom is -0.477 e. The van der Waals surface area contributed by atoms with Gasteiger partial charge in [0.15, 0.2) is 11.3 Å². The standard InChI is InChI=1S/C32H35N7O3/c1-3-32(23-8-5-4-6-9-23)20-38(21-32)24-16-22(2)28-34-27(35-39(28)17-24)29(40)37-15-13-31(19-37)12-14-36(18-31)26-11-7-10-25(33-26)30(41)42/h4-11,16-17H,3,12-15,18-21H2,1-2H3,(H,41,42). The zero-order valence-corrected chi connectivity index (χ0v) is 24.0. The van der Waals surface area contributed by atoms with Crippen LogP contribution in [-0.2, 0) is 5.41 Å². The van der Waals surface area contributed by atoms with Crippen LogP contribution < -0.4 is 9.80 Å². The monoisotopic (exact) mass is 565 g/mol. The van der Waals surface area contributed by atoms with E-state index >= 15 is 0 Å². The quantitative estimate of drug-likeness (QED) is 0.373. The summed E-state index contributed by atoms with van der Waals surface area (Å²) < 4.78 is 1.76. The molecular formula is C32H35N7O3. The van der Waals surface area contributed by atoms with E-state index in [2.05, 4.69) is 68.2 Å². The summed E-state index contributed by atoms with van der Waals surface area (Å²) in [6.07, 6.45) is 4.89. The second-order valence-electron chi connectivity index (χ2n) is 12.3. The number of anilines is 2. The van der Waals surface area contributed by atoms with Crippen molar-refractivity contribution in [2.45, 2.75) is 38.5 Å². The summed E-state index contributed by atoms with van der Waals surface area (Å²) in [6, 6.07) is 18.0. The summed E-state index contributed by atoms with van der Waals surface area (Å²) in [7, 11) is 0. The lowest BCUT2D eigenvalue weighted by Gasteiger charge is -2.51. The molecule has 216 valence electrons. The molecule has 3 aliphatic heterocycles. The Morgan fingerprint density at radius 3 is 2.48 bits per heavy atom. The highest BCUT2D eigenvalue weighted by atomic mass is 16.4. The van der Waals surface area contributed by atoms with Crippen molar-refractivity contribution in [2.24, 2.45) is 5.41 Å². The summed E-state index contributed by atoms with van der Waals surface area (Å²) in [5, 5.41) is 14.0. The van der Waals surface area contributed by atoms with Crippen LogP contribution in [0.4, 0.5) is 11.5 Å². The molecule has 1 aromatic carbocycles. The maximum atomic E-state index is 13.6. The number of aryl methyl sites for hydroxylation is 1. The van der Waals surface area contributed by atoms with Crippen LogP contribution in [0.3, 0.4) is 0 Å². The molecule has 10 nitrogen and oxygen atoms in total. The molecule has 3 saturated heterocycles. The number of pyridine rings is 2. The van der Waals surface area contributed by atoms with Crippen LogP contribution in [0.1, 0.15) is 58.4 Å². The number of hydrogen-bond acceptors (Lipinski definition) is 7. The Labute approximate surface area is 244 Å². The van der Waals surface area contributed by atoms with Crippen molar-refractivity contribution in [3.8, 4) is 0 Å². The smallest absolute Gasteiger partial charge is 0.354 e. The van der Waals surface area contributed by atoms with Crippen LogP contribution in [0.15, 0.2) is 60.8 Å². The predicted octanol–water partition coefficient (Wildman–Crippen LogP) is 4.04. The Hall–Kier alpha value is -4.47. The lowest BCUT2D eigenvalue weighted by molar-refractivity contribution is 0.0689. The molecule has 1 spiro atoms. The van der Waals surface area contributed by atoms with Crippen LogP contribution in [0.2, 0.25) is 0 Å². The minimum absolute atomic E-state index is 0.0408. The normalized spacial score (nSPS) is 21.3. The lowest BCUT2D eigenvalue weighted by atomic mass is 9.71. The van der Waals surface area contributed by atoms with E-state index in [0.717, 1.165) is 56.7 Å². The third-order valence-electron chi connectivity index (χ3n) is 9.65. The summed E-state index contributed by atoms with van der Waals surface area (Å²) >= 11 is 0. The zero-order valence-electron chi connectivity index (χ0n) is 24.0. The van der Waals surface area contributed by atoms with E-state index in [-0.39, 0.29) is 28.3 Å². The van der Waals surface area contributed by atoms with Crippen LogP contribution in [-0.4, -0.2) is 80.7 Å². The molecule has 1 N–H and O–H groups in total. The molecule has 10 heteroatoms. The van der Waals surface area contributed by atoms with Crippen molar-refractivity contribution in [3.63, 3.8) is 0 Å². The van der Waals surface area contributed by atoms with Gasteiger partial charge < -0.3 is 19.8 Å². The molecule has 4 aromatic rings. The van der Waals surface area contributed by atoms with E-state index in [0.29, 0.717) is 24.6 Å². The van der Waals surface area contributed by atoms with Gasteiger partial charge in [-0.05, 0) is 55.5 Å². The topological polar surface area (TPSA) is 107 Å². The summed E-state index contributed by atoms with van der Waals surface area (Å²) in [6.45, 7) is 8.99. The summed E-state index contributed by atoms with van der Waals surface area (Å²) in [5.74, 6) is -0.267. The first kappa shape index (κ1) is 26.4. The predicted molar refractivity (Wildman–Crippen MR) is 159 cm³/mol. The van der Waals surface area contributed by atoms with Crippen molar-refractivity contribution in [1.82, 2.24) is 24.5 Å². The fourth-order valence-electron chi connectivity index (χ4n) is 7.10. The third-order valence-corrected chi connectivity index (χ3v) is 9.65. The molecular weight excluding hydrogens is 530 g/mol. The highest BCUT2D eigenvalue weighted by molar-refractivity contribution is 5.91. The number of amides is 1. The second-order valence-corrected chi connectivity index (χ2v) is 12.3. The largest absolute Gasteiger partial charge is 0.477 e. The molecule has 1 atom stereocenters. The van der Waals surface area contributed by atoms with Gasteiger partial charge in [-0.3, -0.25) is 4.79 Å². The first-order chi connectivity index (χ1) is 20.3. The Kier molecular flexibility index (Phi) is 6.18. The average molecular weight is 566 g/mol. The fraction of sp³-hybridized carbons (Fsp3) is 0.406. The van der Waals surface area contributed by atoms with E-state index in [1.165, 1.54) is 11.6 Å². The van der Waals surface area contributed by atoms with E-state index in [1.54, 1.807) is 10.6 Å². The number of nitrogens with zero attached hydrogens (tertiary/aromatic N) is 7. The van der Waals surface area contributed by atoms with Gasteiger partial charge in [-0.25, -0.2) is 19.3 Å². The van der Waals surface area contributed by atoms with Gasteiger partial charge >= 0.3 is 5.97 Å². The van der Waals surface area contributed by atoms with E-state index < -0.39 is 5.97 Å². The number of rotatable bonds is 6. The van der Waals surface area contributed by atoms with Gasteiger partial charge in [0.1, 0.15) is 5.82 Å². The van der Waals surface area contributed by atoms with Crippen molar-refractivity contribution in [1.29, 1.82) is 0 Å². The first-order valence-electron chi connectivity index (χ1n) is 14.7. The number of aromatic nitrogens is 4. The Bertz CT molecular complexity index is 1680. The van der Waals surface area contributed by atoms with Gasteiger partial charge in [-0.1, -0.05) is 43.3 Å². The van der Waals surface area contributed by atoms with Gasteiger partial charge in [-0.15, -0.1) is 5.10 Å². The van der Waals surface area contributed by atoms with Gasteiger partial charge in [0.2, 0.25) is 5.82 Å². The number of carbonyl (C=O) groups is 2. The molecule has 0 bridgehead atoms. The Morgan fingerprint density at radius 1 is 0.929 bits per heavy atom. The van der Waals surface area contributed by atoms with Gasteiger partial charge in [0, 0.05) is 50.1 Å². The minimum atomic E-state index is -1.03. The summed E-state index contributed by atoms with van der Waals surface area (Å²) in [5.41, 5.74) is 4.34. The van der Waals surface area contributed by atoms with Crippen molar-refractivity contribution in [2.75, 3.05) is 49.1 Å². The molecule has 7 rings (SSSR count). The average Bonchev–Trinajstić information content (AvgIpc) is 3.72. The van der Waals surface area contributed by atoms with Crippen LogP contribution >= 0.6 is 0 Å². The number of likely N-dealkylation sites (tertiary alicyclic amines) is 1. The molecule has 42 heavy (non-hydrogen) atoms. The SMILES string of the molecule is CCC1(c2ccccc2)CN(c2cc(C)c3nc(C(=O)N4CCC5(CCN(c6cccc(C(=O)O)n6)C5)C4)nn3c2)C1. The van der Waals surface area contributed by atoms with Crippen LogP contribution in [0, 0.1) is 12.3 Å². The number of aromatic carboxylic acids is 1. The number of hydrogen-bond donors (Lipinski definition) is 1. The molecule has 0 saturated carbocycles. The first-order valence-corrected chi connectivity index (χ1v) is 14.7. The number of carboxylic acid groups (broad SMARTS) is 1. The molecule has 0 aliphatic carbocycles. The molecule has 3 aliphatic rings. The van der Waals surface area contributed by atoms with E-state index in [9.17, 15) is 14.7 Å². The van der Waals surface area contributed by atoms with Crippen LogP contribution in [0.5, 0.6) is 0 Å². The number of carbonyl (C=O) groups excluding carboxylic acids is 1. The fourth-order valence-corrected chi connectivity index (χ4v) is 7.10. The maximum absolute atomic E-state index is 13.6. The number of carboxylic acids is 1.